The van der Waals surface area contributed by atoms with Gasteiger partial charge in [0.15, 0.2) is 0 Å². The van der Waals surface area contributed by atoms with Gasteiger partial charge in [-0.15, -0.1) is 0 Å². The summed E-state index contributed by atoms with van der Waals surface area (Å²) in [6.45, 7) is 0. The van der Waals surface area contributed by atoms with Gasteiger partial charge in [0.1, 0.15) is 0 Å². The highest BCUT2D eigenvalue weighted by Crippen LogP contribution is 2.27. The number of rotatable bonds is 5. The quantitative estimate of drug-likeness (QED) is 0.705. The van der Waals surface area contributed by atoms with Crippen molar-refractivity contribution in [2.24, 2.45) is 0 Å². The molecule has 0 saturated heterocycles. The molecule has 0 saturated carbocycles. The molecule has 6 nitrogen and oxygen atoms in total. The van der Waals surface area contributed by atoms with Crippen LogP contribution in [0.1, 0.15) is 10.4 Å². The number of sulfonamides is 1. The number of benzene rings is 2. The van der Waals surface area contributed by atoms with Gasteiger partial charge in [-0.05, 0) is 42.5 Å². The van der Waals surface area contributed by atoms with Gasteiger partial charge in [0.25, 0.3) is 15.9 Å². The normalized spacial score (nSPS) is 11.0. The van der Waals surface area contributed by atoms with E-state index in [1.807, 2.05) is 0 Å². The van der Waals surface area contributed by atoms with E-state index in [2.05, 4.69) is 10.3 Å². The first kappa shape index (κ1) is 18.9. The molecule has 138 valence electrons. The number of aromatic nitrogens is 1. The molecule has 0 fully saturated rings. The van der Waals surface area contributed by atoms with Gasteiger partial charge in [-0.3, -0.25) is 14.1 Å². The summed E-state index contributed by atoms with van der Waals surface area (Å²) in [5.74, 6) is -0.458. The first-order chi connectivity index (χ1) is 12.9. The molecule has 1 aromatic heterocycles. The molecule has 1 N–H and O–H groups in total. The van der Waals surface area contributed by atoms with E-state index in [1.54, 1.807) is 42.6 Å². The molecule has 0 spiro atoms. The summed E-state index contributed by atoms with van der Waals surface area (Å²) < 4.78 is 26.7. The Hall–Kier alpha value is -2.90. The van der Waals surface area contributed by atoms with Crippen LogP contribution in [0.5, 0.6) is 0 Å². The van der Waals surface area contributed by atoms with Gasteiger partial charge in [-0.1, -0.05) is 29.8 Å². The highest BCUT2D eigenvalue weighted by atomic mass is 35.5. The molecule has 3 rings (SSSR count). The minimum Gasteiger partial charge on any atom is -0.321 e. The lowest BCUT2D eigenvalue weighted by atomic mass is 10.2. The van der Waals surface area contributed by atoms with Crippen molar-refractivity contribution in [2.45, 2.75) is 4.90 Å². The third-order valence-electron chi connectivity index (χ3n) is 3.88. The minimum absolute atomic E-state index is 0.156. The van der Waals surface area contributed by atoms with E-state index in [9.17, 15) is 13.2 Å². The second-order valence-corrected chi connectivity index (χ2v) is 8.02. The van der Waals surface area contributed by atoms with E-state index in [0.29, 0.717) is 11.4 Å². The SMILES string of the molecule is CN(c1ccc(Cl)c(C(=O)Nc2cccnc2)c1)S(=O)(=O)c1ccccc1. The summed E-state index contributed by atoms with van der Waals surface area (Å²) in [7, 11) is -2.33. The third-order valence-corrected chi connectivity index (χ3v) is 6.01. The molecule has 0 bridgehead atoms. The molecule has 8 heteroatoms. The van der Waals surface area contributed by atoms with E-state index < -0.39 is 15.9 Å². The van der Waals surface area contributed by atoms with E-state index in [4.69, 9.17) is 11.6 Å². The average molecular weight is 402 g/mol. The van der Waals surface area contributed by atoms with Crippen LogP contribution in [0.25, 0.3) is 0 Å². The Balaban J connectivity index is 1.92. The van der Waals surface area contributed by atoms with Crippen LogP contribution in [0, 0.1) is 0 Å². The molecule has 0 aliphatic heterocycles. The Labute approximate surface area is 162 Å². The molecule has 3 aromatic rings. The lowest BCUT2D eigenvalue weighted by Crippen LogP contribution is -2.27. The fourth-order valence-corrected chi connectivity index (χ4v) is 3.82. The zero-order valence-electron chi connectivity index (χ0n) is 14.3. The number of halogens is 1. The Bertz CT molecular complexity index is 1060. The predicted molar refractivity (Wildman–Crippen MR) is 106 cm³/mol. The molecular weight excluding hydrogens is 386 g/mol. The molecule has 1 heterocycles. The zero-order chi connectivity index (χ0) is 19.4. The summed E-state index contributed by atoms with van der Waals surface area (Å²) in [6, 6.07) is 15.9. The van der Waals surface area contributed by atoms with Crippen LogP contribution in [0.2, 0.25) is 5.02 Å². The molecule has 0 radical (unpaired) electrons. The number of hydrogen-bond acceptors (Lipinski definition) is 4. The fraction of sp³-hybridized carbons (Fsp3) is 0.0526. The maximum atomic E-state index is 12.8. The Morgan fingerprint density at radius 2 is 1.81 bits per heavy atom. The standard InChI is InChI=1S/C19H16ClN3O3S/c1-23(27(25,26)16-7-3-2-4-8-16)15-9-10-18(20)17(12-15)19(24)22-14-6-5-11-21-13-14/h2-13H,1H3,(H,22,24). The number of hydrogen-bond donors (Lipinski definition) is 1. The van der Waals surface area contributed by atoms with Crippen LogP contribution >= 0.6 is 11.6 Å². The summed E-state index contributed by atoms with van der Waals surface area (Å²) in [4.78, 5) is 16.6. The van der Waals surface area contributed by atoms with Crippen molar-refractivity contribution in [1.82, 2.24) is 4.98 Å². The first-order valence-corrected chi connectivity index (χ1v) is 9.76. The Morgan fingerprint density at radius 1 is 1.07 bits per heavy atom. The maximum absolute atomic E-state index is 12.8. The predicted octanol–water partition coefficient (Wildman–Crippen LogP) is 3.81. The Kier molecular flexibility index (Phi) is 5.43. The van der Waals surface area contributed by atoms with Crippen molar-refractivity contribution in [3.05, 3.63) is 83.6 Å². The Morgan fingerprint density at radius 3 is 2.48 bits per heavy atom. The van der Waals surface area contributed by atoms with Crippen molar-refractivity contribution in [1.29, 1.82) is 0 Å². The highest BCUT2D eigenvalue weighted by Gasteiger charge is 2.22. The molecule has 0 atom stereocenters. The van der Waals surface area contributed by atoms with Gasteiger partial charge in [-0.25, -0.2) is 8.42 Å². The van der Waals surface area contributed by atoms with Gasteiger partial charge in [0.05, 0.1) is 33.1 Å². The molecule has 27 heavy (non-hydrogen) atoms. The number of carbonyl (C=O) groups is 1. The van der Waals surface area contributed by atoms with Crippen molar-refractivity contribution >= 4 is 38.9 Å². The van der Waals surface area contributed by atoms with Gasteiger partial charge in [0, 0.05) is 13.2 Å². The fourth-order valence-electron chi connectivity index (χ4n) is 2.41. The molecule has 2 aromatic carbocycles. The van der Waals surface area contributed by atoms with Crippen LogP contribution in [-0.4, -0.2) is 26.4 Å². The van der Waals surface area contributed by atoms with Crippen molar-refractivity contribution in [3.8, 4) is 0 Å². The lowest BCUT2D eigenvalue weighted by molar-refractivity contribution is 0.102. The number of carbonyl (C=O) groups excluding carboxylic acids is 1. The number of pyridine rings is 1. The van der Waals surface area contributed by atoms with Crippen LogP contribution in [0.4, 0.5) is 11.4 Å². The maximum Gasteiger partial charge on any atom is 0.264 e. The minimum atomic E-state index is -3.76. The van der Waals surface area contributed by atoms with Crippen molar-refractivity contribution in [3.63, 3.8) is 0 Å². The number of amides is 1. The monoisotopic (exact) mass is 401 g/mol. The number of nitrogens with one attached hydrogen (secondary N) is 1. The summed E-state index contributed by atoms with van der Waals surface area (Å²) in [5.41, 5.74) is 0.988. The first-order valence-electron chi connectivity index (χ1n) is 7.94. The average Bonchev–Trinajstić information content (AvgIpc) is 2.69. The van der Waals surface area contributed by atoms with Gasteiger partial charge < -0.3 is 5.32 Å². The van der Waals surface area contributed by atoms with Gasteiger partial charge >= 0.3 is 0 Å². The van der Waals surface area contributed by atoms with Crippen LogP contribution in [0.3, 0.4) is 0 Å². The van der Waals surface area contributed by atoms with Gasteiger partial charge in [0.2, 0.25) is 0 Å². The largest absolute Gasteiger partial charge is 0.321 e. The van der Waals surface area contributed by atoms with E-state index in [1.165, 1.54) is 37.5 Å². The number of anilines is 2. The molecule has 0 aliphatic rings. The molecule has 0 unspecified atom stereocenters. The lowest BCUT2D eigenvalue weighted by Gasteiger charge is -2.20. The van der Waals surface area contributed by atoms with Crippen LogP contribution < -0.4 is 9.62 Å². The van der Waals surface area contributed by atoms with E-state index in [0.717, 1.165) is 4.31 Å². The highest BCUT2D eigenvalue weighted by molar-refractivity contribution is 7.92. The van der Waals surface area contributed by atoms with Crippen LogP contribution in [-0.2, 0) is 10.0 Å². The topological polar surface area (TPSA) is 79.4 Å². The number of nitrogens with zero attached hydrogens (tertiary/aromatic N) is 2. The van der Waals surface area contributed by atoms with Gasteiger partial charge in [-0.2, -0.15) is 0 Å². The summed E-state index contributed by atoms with van der Waals surface area (Å²) >= 11 is 6.15. The second kappa shape index (κ2) is 7.77. The zero-order valence-corrected chi connectivity index (χ0v) is 15.9. The molecule has 0 aliphatic carbocycles. The van der Waals surface area contributed by atoms with Crippen molar-refractivity contribution in [2.75, 3.05) is 16.7 Å². The van der Waals surface area contributed by atoms with Crippen LogP contribution in [0.15, 0.2) is 78.0 Å². The molecule has 1 amide bonds. The smallest absolute Gasteiger partial charge is 0.264 e. The third kappa shape index (κ3) is 4.10. The summed E-state index contributed by atoms with van der Waals surface area (Å²) in [5, 5.41) is 2.90. The van der Waals surface area contributed by atoms with E-state index in [-0.39, 0.29) is 15.5 Å². The summed E-state index contributed by atoms with van der Waals surface area (Å²) in [6.07, 6.45) is 3.09. The van der Waals surface area contributed by atoms with Crippen molar-refractivity contribution < 1.29 is 13.2 Å². The second-order valence-electron chi connectivity index (χ2n) is 5.65. The van der Waals surface area contributed by atoms with E-state index >= 15 is 0 Å². The molecular formula is C19H16ClN3O3S.